The number of Topliss-reactive ketones (excluding diaryl/α,β-unsaturated/α-hetero) is 1. The third-order valence-corrected chi connectivity index (χ3v) is 5.77. The van der Waals surface area contributed by atoms with Gasteiger partial charge >= 0.3 is 15.6 Å². The number of carbonyl (C=O) groups excluding carboxylic acids is 1. The predicted octanol–water partition coefficient (Wildman–Crippen LogP) is 5.59. The first kappa shape index (κ1) is 23.6. The van der Waals surface area contributed by atoms with E-state index in [1.165, 1.54) is 19.2 Å². The number of benzene rings is 3. The predicted molar refractivity (Wildman–Crippen MR) is 113 cm³/mol. The minimum atomic E-state index is -5.80. The number of hydrogen-bond acceptors (Lipinski definition) is 5. The standard InChI is InChI=1S/C22H16ClF3O5S/c1-30-18-10-6-16(7-11-18)21(27)20(14-2-8-17(23)9-3-14)15-4-12-19(13-5-15)31-32(28,29)22(24,25)26/h2-13,20H,1H3. The number of hydrogen-bond donors (Lipinski definition) is 0. The van der Waals surface area contributed by atoms with E-state index in [0.717, 1.165) is 12.1 Å². The molecule has 0 aliphatic carbocycles. The minimum Gasteiger partial charge on any atom is -0.497 e. The van der Waals surface area contributed by atoms with Gasteiger partial charge in [-0.2, -0.15) is 21.6 Å². The lowest BCUT2D eigenvalue weighted by Crippen LogP contribution is -2.28. The van der Waals surface area contributed by atoms with Crippen molar-refractivity contribution in [2.24, 2.45) is 0 Å². The molecule has 3 rings (SSSR count). The topological polar surface area (TPSA) is 69.7 Å². The molecule has 0 aliphatic rings. The summed E-state index contributed by atoms with van der Waals surface area (Å²) >= 11 is 5.95. The average molecular weight is 485 g/mol. The smallest absolute Gasteiger partial charge is 0.497 e. The van der Waals surface area contributed by atoms with Gasteiger partial charge in [0.15, 0.2) is 5.78 Å². The Bertz CT molecular complexity index is 1190. The average Bonchev–Trinajstić information content (AvgIpc) is 2.75. The third kappa shape index (κ3) is 5.23. The molecule has 5 nitrogen and oxygen atoms in total. The summed E-state index contributed by atoms with van der Waals surface area (Å²) in [5, 5.41) is 0.463. The van der Waals surface area contributed by atoms with Crippen LogP contribution in [0.2, 0.25) is 5.02 Å². The molecule has 1 atom stereocenters. The van der Waals surface area contributed by atoms with E-state index in [0.29, 0.717) is 27.5 Å². The number of alkyl halides is 3. The Morgan fingerprint density at radius 2 is 1.31 bits per heavy atom. The van der Waals surface area contributed by atoms with Crippen LogP contribution in [0.1, 0.15) is 27.4 Å². The first-order chi connectivity index (χ1) is 15.0. The van der Waals surface area contributed by atoms with E-state index in [1.807, 2.05) is 0 Å². The molecule has 3 aromatic rings. The Morgan fingerprint density at radius 3 is 1.78 bits per heavy atom. The molecular formula is C22H16ClF3O5S. The van der Waals surface area contributed by atoms with Crippen LogP contribution < -0.4 is 8.92 Å². The Hall–Kier alpha value is -3.04. The lowest BCUT2D eigenvalue weighted by molar-refractivity contribution is -0.0500. The lowest BCUT2D eigenvalue weighted by atomic mass is 9.85. The van der Waals surface area contributed by atoms with Crippen LogP contribution in [0, 0.1) is 0 Å². The summed E-state index contributed by atoms with van der Waals surface area (Å²) in [6.07, 6.45) is 0. The molecule has 0 saturated heterocycles. The molecule has 0 bridgehead atoms. The van der Waals surface area contributed by atoms with E-state index in [1.54, 1.807) is 48.5 Å². The first-order valence-electron chi connectivity index (χ1n) is 9.06. The fourth-order valence-corrected chi connectivity index (χ4v) is 3.55. The molecule has 0 heterocycles. The quantitative estimate of drug-likeness (QED) is 0.248. The van der Waals surface area contributed by atoms with E-state index < -0.39 is 27.3 Å². The van der Waals surface area contributed by atoms with Gasteiger partial charge in [-0.15, -0.1) is 0 Å². The summed E-state index contributed by atoms with van der Waals surface area (Å²) < 4.78 is 69.3. The van der Waals surface area contributed by atoms with Crippen LogP contribution in [-0.2, 0) is 10.1 Å². The van der Waals surface area contributed by atoms with Crippen molar-refractivity contribution in [2.45, 2.75) is 11.4 Å². The van der Waals surface area contributed by atoms with Crippen molar-refractivity contribution in [3.63, 3.8) is 0 Å². The maximum absolute atomic E-state index is 13.3. The van der Waals surface area contributed by atoms with E-state index in [-0.39, 0.29) is 5.78 Å². The van der Waals surface area contributed by atoms with Crippen molar-refractivity contribution in [3.8, 4) is 11.5 Å². The van der Waals surface area contributed by atoms with Gasteiger partial charge in [0.2, 0.25) is 0 Å². The molecule has 0 saturated carbocycles. The van der Waals surface area contributed by atoms with Crippen molar-refractivity contribution in [1.82, 2.24) is 0 Å². The van der Waals surface area contributed by atoms with Crippen molar-refractivity contribution in [3.05, 3.63) is 94.5 Å². The Labute approximate surface area is 187 Å². The highest BCUT2D eigenvalue weighted by Gasteiger charge is 2.48. The Morgan fingerprint density at radius 1 is 0.844 bits per heavy atom. The van der Waals surface area contributed by atoms with E-state index in [2.05, 4.69) is 4.18 Å². The second kappa shape index (κ2) is 9.22. The monoisotopic (exact) mass is 484 g/mol. The molecule has 0 amide bonds. The molecular weight excluding hydrogens is 469 g/mol. The fourth-order valence-electron chi connectivity index (χ4n) is 2.96. The normalized spacial score (nSPS) is 12.8. The molecule has 0 aliphatic heterocycles. The van der Waals surface area contributed by atoms with Crippen LogP contribution in [-0.4, -0.2) is 26.8 Å². The highest BCUT2D eigenvalue weighted by atomic mass is 35.5. The zero-order valence-electron chi connectivity index (χ0n) is 16.5. The van der Waals surface area contributed by atoms with Gasteiger partial charge in [-0.1, -0.05) is 35.9 Å². The van der Waals surface area contributed by atoms with Crippen LogP contribution in [0.25, 0.3) is 0 Å². The van der Waals surface area contributed by atoms with E-state index >= 15 is 0 Å². The van der Waals surface area contributed by atoms with Crippen molar-refractivity contribution >= 4 is 27.5 Å². The zero-order chi connectivity index (χ0) is 23.5. The molecule has 0 spiro atoms. The largest absolute Gasteiger partial charge is 0.534 e. The minimum absolute atomic E-state index is 0.286. The van der Waals surface area contributed by atoms with E-state index in [9.17, 15) is 26.4 Å². The second-order valence-electron chi connectivity index (χ2n) is 6.63. The molecule has 1 unspecified atom stereocenters. The molecule has 0 radical (unpaired) electrons. The number of rotatable bonds is 7. The highest BCUT2D eigenvalue weighted by Crippen LogP contribution is 2.32. The summed E-state index contributed by atoms with van der Waals surface area (Å²) in [5.74, 6) is -1.07. The Balaban J connectivity index is 1.98. The molecule has 3 aromatic carbocycles. The second-order valence-corrected chi connectivity index (χ2v) is 8.60. The summed E-state index contributed by atoms with van der Waals surface area (Å²) in [4.78, 5) is 13.3. The van der Waals surface area contributed by atoms with Crippen LogP contribution in [0.15, 0.2) is 72.8 Å². The maximum Gasteiger partial charge on any atom is 0.534 e. The van der Waals surface area contributed by atoms with Gasteiger partial charge in [-0.3, -0.25) is 4.79 Å². The van der Waals surface area contributed by atoms with E-state index in [4.69, 9.17) is 16.3 Å². The molecule has 168 valence electrons. The van der Waals surface area contributed by atoms with Crippen LogP contribution >= 0.6 is 11.6 Å². The Kier molecular flexibility index (Phi) is 6.80. The van der Waals surface area contributed by atoms with Crippen molar-refractivity contribution < 1.29 is 35.3 Å². The summed E-state index contributed by atoms with van der Waals surface area (Å²) in [7, 11) is -4.30. The van der Waals surface area contributed by atoms with Gasteiger partial charge < -0.3 is 8.92 Å². The van der Waals surface area contributed by atoms with Crippen LogP contribution in [0.5, 0.6) is 11.5 Å². The van der Waals surface area contributed by atoms with Gasteiger partial charge in [0.05, 0.1) is 13.0 Å². The number of methoxy groups -OCH3 is 1. The number of carbonyl (C=O) groups is 1. The van der Waals surface area contributed by atoms with Crippen LogP contribution in [0.3, 0.4) is 0 Å². The molecule has 10 heteroatoms. The van der Waals surface area contributed by atoms with Gasteiger partial charge in [0, 0.05) is 10.6 Å². The zero-order valence-corrected chi connectivity index (χ0v) is 18.0. The first-order valence-corrected chi connectivity index (χ1v) is 10.8. The lowest BCUT2D eigenvalue weighted by Gasteiger charge is -2.18. The van der Waals surface area contributed by atoms with Gasteiger partial charge in [0.1, 0.15) is 11.5 Å². The molecule has 0 N–H and O–H groups in total. The number of ketones is 1. The maximum atomic E-state index is 13.3. The fraction of sp³-hybridized carbons (Fsp3) is 0.136. The van der Waals surface area contributed by atoms with Gasteiger partial charge in [0.25, 0.3) is 0 Å². The van der Waals surface area contributed by atoms with Crippen molar-refractivity contribution in [2.75, 3.05) is 7.11 Å². The highest BCUT2D eigenvalue weighted by molar-refractivity contribution is 7.88. The van der Waals surface area contributed by atoms with Gasteiger partial charge in [-0.05, 0) is 59.7 Å². The number of halogens is 4. The summed E-state index contributed by atoms with van der Waals surface area (Å²) in [5.41, 5.74) is -4.16. The van der Waals surface area contributed by atoms with Crippen LogP contribution in [0.4, 0.5) is 13.2 Å². The SMILES string of the molecule is COc1ccc(C(=O)C(c2ccc(Cl)cc2)c2ccc(OS(=O)(=O)C(F)(F)F)cc2)cc1. The van der Waals surface area contributed by atoms with Crippen molar-refractivity contribution in [1.29, 1.82) is 0 Å². The molecule has 0 aromatic heterocycles. The summed E-state index contributed by atoms with van der Waals surface area (Å²) in [6, 6.07) is 17.8. The number of ether oxygens (including phenoxy) is 1. The van der Waals surface area contributed by atoms with Gasteiger partial charge in [-0.25, -0.2) is 0 Å². The molecule has 32 heavy (non-hydrogen) atoms. The third-order valence-electron chi connectivity index (χ3n) is 4.54. The summed E-state index contributed by atoms with van der Waals surface area (Å²) in [6.45, 7) is 0. The molecule has 0 fully saturated rings.